The Balaban J connectivity index is 1.69. The van der Waals surface area contributed by atoms with Crippen molar-refractivity contribution in [3.63, 3.8) is 0 Å². The zero-order valence-corrected chi connectivity index (χ0v) is 22.8. The Kier molecular flexibility index (Phi) is 6.70. The number of hydrogen-bond donors (Lipinski definition) is 0. The second-order valence-corrected chi connectivity index (χ2v) is 12.0. The van der Waals surface area contributed by atoms with Gasteiger partial charge in [0.1, 0.15) is 7.05 Å². The number of fused-ring (bicyclic) bond motifs is 2. The molecule has 0 spiro atoms. The van der Waals surface area contributed by atoms with Gasteiger partial charge in [0.25, 0.3) is 0 Å². The summed E-state index contributed by atoms with van der Waals surface area (Å²) in [5.41, 5.74) is 8.06. The third kappa shape index (κ3) is 4.31. The Bertz CT molecular complexity index is 1210. The fourth-order valence-corrected chi connectivity index (χ4v) is 6.19. The van der Waals surface area contributed by atoms with E-state index in [1.54, 1.807) is 0 Å². The zero-order valence-electron chi connectivity index (χ0n) is 22.0. The van der Waals surface area contributed by atoms with Gasteiger partial charge in [-0.15, -0.1) is 11.8 Å². The van der Waals surface area contributed by atoms with Crippen LogP contribution in [0.5, 0.6) is 0 Å². The van der Waals surface area contributed by atoms with E-state index in [9.17, 15) is 0 Å². The Hall–Kier alpha value is -2.52. The van der Waals surface area contributed by atoms with Crippen LogP contribution in [0.3, 0.4) is 0 Å². The first-order valence-corrected chi connectivity index (χ1v) is 13.3. The lowest BCUT2D eigenvalue weighted by molar-refractivity contribution is -0.401. The first-order valence-electron chi connectivity index (χ1n) is 12.3. The summed E-state index contributed by atoms with van der Waals surface area (Å²) >= 11 is 1.95. The SMILES string of the molecule is CC(C)CSC(=C\C=C1\N(C)c2ccccc2C1(C)C)/C=C/C1=[N+](C)c2ccccc2C1(C)C. The summed E-state index contributed by atoms with van der Waals surface area (Å²) in [5.74, 6) is 1.75. The average molecular weight is 472 g/mol. The molecule has 0 fully saturated rings. The highest BCUT2D eigenvalue weighted by Gasteiger charge is 2.42. The Morgan fingerprint density at radius 2 is 1.62 bits per heavy atom. The number of nitrogens with zero attached hydrogens (tertiary/aromatic N) is 2. The third-order valence-corrected chi connectivity index (χ3v) is 8.71. The lowest BCUT2D eigenvalue weighted by Crippen LogP contribution is -2.26. The maximum Gasteiger partial charge on any atom is 0.209 e. The van der Waals surface area contributed by atoms with Crippen molar-refractivity contribution < 1.29 is 4.58 Å². The summed E-state index contributed by atoms with van der Waals surface area (Å²) in [6, 6.07) is 17.5. The van der Waals surface area contributed by atoms with E-state index in [4.69, 9.17) is 0 Å². The van der Waals surface area contributed by atoms with Crippen LogP contribution in [0.25, 0.3) is 0 Å². The van der Waals surface area contributed by atoms with Crippen LogP contribution in [-0.4, -0.2) is 30.1 Å². The molecule has 0 amide bonds. The van der Waals surface area contributed by atoms with Gasteiger partial charge in [0, 0.05) is 52.2 Å². The molecule has 0 radical (unpaired) electrons. The molecule has 3 heteroatoms. The molecule has 34 heavy (non-hydrogen) atoms. The molecule has 0 aromatic heterocycles. The van der Waals surface area contributed by atoms with Crippen molar-refractivity contribution in [1.29, 1.82) is 0 Å². The van der Waals surface area contributed by atoms with E-state index in [0.717, 1.165) is 5.75 Å². The molecule has 0 saturated heterocycles. The highest BCUT2D eigenvalue weighted by Crippen LogP contribution is 2.46. The number of anilines is 1. The van der Waals surface area contributed by atoms with Gasteiger partial charge in [-0.3, -0.25) is 0 Å². The lowest BCUT2D eigenvalue weighted by atomic mass is 9.81. The van der Waals surface area contributed by atoms with Crippen molar-refractivity contribution in [3.8, 4) is 0 Å². The largest absolute Gasteiger partial charge is 0.347 e. The molecule has 0 N–H and O–H groups in total. The maximum absolute atomic E-state index is 2.35. The minimum Gasteiger partial charge on any atom is -0.347 e. The normalized spacial score (nSPS) is 20.1. The quantitative estimate of drug-likeness (QED) is 0.313. The maximum atomic E-state index is 2.35. The molecule has 2 nitrogen and oxygen atoms in total. The van der Waals surface area contributed by atoms with E-state index in [1.807, 2.05) is 11.8 Å². The molecular formula is C31H39N2S+. The van der Waals surface area contributed by atoms with Crippen molar-refractivity contribution in [2.75, 3.05) is 24.7 Å². The molecule has 2 aromatic carbocycles. The molecular weight excluding hydrogens is 432 g/mol. The number of hydrogen-bond acceptors (Lipinski definition) is 2. The van der Waals surface area contributed by atoms with E-state index in [1.165, 1.54) is 38.8 Å². The molecule has 0 aliphatic carbocycles. The summed E-state index contributed by atoms with van der Waals surface area (Å²) in [6.45, 7) is 13.9. The molecule has 0 unspecified atom stereocenters. The van der Waals surface area contributed by atoms with Crippen molar-refractivity contribution in [1.82, 2.24) is 0 Å². The molecule has 2 aromatic rings. The topological polar surface area (TPSA) is 6.25 Å². The highest BCUT2D eigenvalue weighted by molar-refractivity contribution is 8.03. The third-order valence-electron chi connectivity index (χ3n) is 7.28. The molecule has 0 bridgehead atoms. The van der Waals surface area contributed by atoms with Crippen LogP contribution in [0.15, 0.2) is 83.4 Å². The summed E-state index contributed by atoms with van der Waals surface area (Å²) in [7, 11) is 4.38. The van der Waals surface area contributed by atoms with Crippen LogP contribution in [0.4, 0.5) is 11.4 Å². The van der Waals surface area contributed by atoms with E-state index < -0.39 is 0 Å². The van der Waals surface area contributed by atoms with Crippen LogP contribution in [0.1, 0.15) is 52.7 Å². The standard InChI is InChI=1S/C31H39N2S/c1-22(2)21-34-23(17-19-28-30(3,4)24-13-9-11-15-26(24)32(28)7)18-20-29-31(5,6)25-14-10-12-16-27(25)33(29)8/h9-20,22H,21H2,1-8H3/q+1. The molecule has 4 rings (SSSR count). The number of thioether (sulfide) groups is 1. The van der Waals surface area contributed by atoms with Crippen LogP contribution in [0, 0.1) is 5.92 Å². The monoisotopic (exact) mass is 471 g/mol. The number of likely N-dealkylation sites (N-methyl/N-ethyl adjacent to an activating group) is 1. The summed E-state index contributed by atoms with van der Waals surface area (Å²) in [5, 5.41) is 0. The van der Waals surface area contributed by atoms with E-state index in [0.29, 0.717) is 5.92 Å². The fourth-order valence-electron chi connectivity index (χ4n) is 5.34. The molecule has 178 valence electrons. The molecule has 2 aliphatic rings. The van der Waals surface area contributed by atoms with Gasteiger partial charge in [0.15, 0.2) is 5.71 Å². The van der Waals surface area contributed by atoms with Gasteiger partial charge in [-0.1, -0.05) is 64.1 Å². The second kappa shape index (κ2) is 9.26. The number of allylic oxidation sites excluding steroid dienone is 5. The van der Waals surface area contributed by atoms with Gasteiger partial charge >= 0.3 is 0 Å². The van der Waals surface area contributed by atoms with E-state index in [2.05, 4.69) is 138 Å². The minimum atomic E-state index is -0.0105. The predicted octanol–water partition coefficient (Wildman–Crippen LogP) is 7.83. The highest BCUT2D eigenvalue weighted by atomic mass is 32.2. The zero-order chi connectivity index (χ0) is 24.7. The Labute approximate surface area is 210 Å². The number of rotatable bonds is 6. The smallest absolute Gasteiger partial charge is 0.209 e. The van der Waals surface area contributed by atoms with Gasteiger partial charge in [-0.05, 0) is 49.6 Å². The predicted molar refractivity (Wildman–Crippen MR) is 151 cm³/mol. The van der Waals surface area contributed by atoms with Crippen molar-refractivity contribution in [3.05, 3.63) is 94.6 Å². The summed E-state index contributed by atoms with van der Waals surface area (Å²) < 4.78 is 2.35. The minimum absolute atomic E-state index is 0.0105. The van der Waals surface area contributed by atoms with Gasteiger partial charge in [0.2, 0.25) is 5.69 Å². The van der Waals surface area contributed by atoms with Gasteiger partial charge < -0.3 is 4.90 Å². The van der Waals surface area contributed by atoms with Crippen LogP contribution in [0.2, 0.25) is 0 Å². The Morgan fingerprint density at radius 3 is 2.26 bits per heavy atom. The molecule has 0 saturated carbocycles. The van der Waals surface area contributed by atoms with Gasteiger partial charge in [0.05, 0.1) is 5.41 Å². The van der Waals surface area contributed by atoms with Crippen molar-refractivity contribution in [2.45, 2.75) is 52.4 Å². The van der Waals surface area contributed by atoms with Gasteiger partial charge in [-0.2, -0.15) is 4.58 Å². The lowest BCUT2D eigenvalue weighted by Gasteiger charge is -2.23. The summed E-state index contributed by atoms with van der Waals surface area (Å²) in [6.07, 6.45) is 9.29. The first kappa shape index (κ1) is 24.6. The van der Waals surface area contributed by atoms with Crippen LogP contribution >= 0.6 is 11.8 Å². The molecule has 2 heterocycles. The van der Waals surface area contributed by atoms with Crippen LogP contribution < -0.4 is 4.90 Å². The van der Waals surface area contributed by atoms with Gasteiger partial charge in [-0.25, -0.2) is 0 Å². The number of benzene rings is 2. The second-order valence-electron chi connectivity index (χ2n) is 10.9. The fraction of sp³-hybridized carbons (Fsp3) is 0.387. The van der Waals surface area contributed by atoms with E-state index in [-0.39, 0.29) is 10.8 Å². The Morgan fingerprint density at radius 1 is 0.971 bits per heavy atom. The number of para-hydroxylation sites is 2. The molecule has 0 atom stereocenters. The summed E-state index contributed by atoms with van der Waals surface area (Å²) in [4.78, 5) is 3.65. The first-order chi connectivity index (χ1) is 16.0. The van der Waals surface area contributed by atoms with Crippen LogP contribution in [-0.2, 0) is 10.8 Å². The molecule has 2 aliphatic heterocycles. The average Bonchev–Trinajstić information content (AvgIpc) is 3.12. The van der Waals surface area contributed by atoms with Crippen molar-refractivity contribution >= 4 is 28.8 Å². The van der Waals surface area contributed by atoms with E-state index >= 15 is 0 Å². The van der Waals surface area contributed by atoms with Crippen molar-refractivity contribution in [2.24, 2.45) is 5.92 Å².